The zero-order valence-electron chi connectivity index (χ0n) is 7.16. The van der Waals surface area contributed by atoms with E-state index in [1.54, 1.807) is 20.8 Å². The summed E-state index contributed by atoms with van der Waals surface area (Å²) in [6, 6.07) is -0.481. The molecule has 1 heterocycles. The van der Waals surface area contributed by atoms with Crippen LogP contribution >= 0.6 is 12.4 Å². The van der Waals surface area contributed by atoms with E-state index in [2.05, 4.69) is 4.98 Å². The van der Waals surface area contributed by atoms with Gasteiger partial charge in [-0.05, 0) is 18.8 Å². The number of nitrogens with zero attached hydrogens (tertiary/aromatic N) is 2. The molecular weight excluding hydrogens is 180 g/mol. The molecule has 0 aliphatic heterocycles. The van der Waals surface area contributed by atoms with Crippen LogP contribution in [0.15, 0.2) is 0 Å². The molecule has 1 aromatic rings. The fourth-order valence-corrected chi connectivity index (χ4v) is 0.843. The van der Waals surface area contributed by atoms with Crippen molar-refractivity contribution in [2.24, 2.45) is 0 Å². The Kier molecular flexibility index (Phi) is 3.27. The van der Waals surface area contributed by atoms with Crippen molar-refractivity contribution >= 4 is 12.4 Å². The minimum absolute atomic E-state index is 0. The van der Waals surface area contributed by atoms with Gasteiger partial charge in [0.15, 0.2) is 5.69 Å². The first-order valence-electron chi connectivity index (χ1n) is 3.30. The topological polar surface area (TPSA) is 60.1 Å². The fraction of sp³-hybridized carbons (Fsp3) is 0.429. The summed E-state index contributed by atoms with van der Waals surface area (Å²) in [6.07, 6.45) is 0. The number of rotatable bonds is 0. The monoisotopic (exact) mass is 190 g/mol. The van der Waals surface area contributed by atoms with Gasteiger partial charge < -0.3 is 10.3 Å². The molecule has 0 unspecified atom stereocenters. The molecular formula is C7H11ClN2O2. The predicted molar refractivity (Wildman–Crippen MR) is 46.3 cm³/mol. The summed E-state index contributed by atoms with van der Waals surface area (Å²) in [6.45, 7) is 5.20. The molecule has 5 heteroatoms. The van der Waals surface area contributed by atoms with Gasteiger partial charge in [-0.3, -0.25) is 0 Å². The van der Waals surface area contributed by atoms with Crippen molar-refractivity contribution in [3.8, 4) is 6.01 Å². The molecule has 0 fully saturated rings. The molecule has 0 aliphatic carbocycles. The highest BCUT2D eigenvalue weighted by atomic mass is 35.5. The van der Waals surface area contributed by atoms with Gasteiger partial charge in [0.1, 0.15) is 5.69 Å². The first-order valence-corrected chi connectivity index (χ1v) is 3.30. The van der Waals surface area contributed by atoms with Crippen LogP contribution < -0.4 is 4.73 Å². The summed E-state index contributed by atoms with van der Waals surface area (Å²) in [5.41, 5.74) is 2.00. The quantitative estimate of drug-likeness (QED) is 0.486. The molecule has 1 aromatic heterocycles. The van der Waals surface area contributed by atoms with Crippen molar-refractivity contribution in [3.63, 3.8) is 0 Å². The number of aryl methyl sites for hydroxylation is 1. The van der Waals surface area contributed by atoms with Crippen LogP contribution in [0.1, 0.15) is 17.0 Å². The largest absolute Gasteiger partial charge is 0.708 e. The Balaban J connectivity index is 0.00000121. The standard InChI is InChI=1S/C7H10N2O2.ClH/c1-4-5(2)8-7(10)9(11)6(4)3;/h1-3H3,(H,8,10);1H. The zero-order chi connectivity index (χ0) is 8.59. The zero-order valence-corrected chi connectivity index (χ0v) is 7.97. The molecule has 0 aliphatic rings. The molecule has 4 nitrogen and oxygen atoms in total. The van der Waals surface area contributed by atoms with Crippen molar-refractivity contribution in [3.05, 3.63) is 22.2 Å². The molecule has 0 atom stereocenters. The lowest BCUT2D eigenvalue weighted by Gasteiger charge is -2.07. The second-order valence-electron chi connectivity index (χ2n) is 2.50. The predicted octanol–water partition coefficient (Wildman–Crippen LogP) is 0.768. The maximum Gasteiger partial charge on any atom is 0.499 e. The van der Waals surface area contributed by atoms with E-state index in [4.69, 9.17) is 5.11 Å². The summed E-state index contributed by atoms with van der Waals surface area (Å²) >= 11 is 0. The van der Waals surface area contributed by atoms with Crippen molar-refractivity contribution in [2.45, 2.75) is 20.8 Å². The van der Waals surface area contributed by atoms with Gasteiger partial charge in [-0.2, -0.15) is 4.73 Å². The van der Waals surface area contributed by atoms with E-state index >= 15 is 0 Å². The summed E-state index contributed by atoms with van der Waals surface area (Å²) < 4.78 is 0.419. The van der Waals surface area contributed by atoms with Crippen molar-refractivity contribution in [1.29, 1.82) is 0 Å². The molecule has 0 amide bonds. The number of aromatic hydroxyl groups is 1. The van der Waals surface area contributed by atoms with Crippen LogP contribution in [0.4, 0.5) is 0 Å². The van der Waals surface area contributed by atoms with E-state index in [1.807, 2.05) is 0 Å². The van der Waals surface area contributed by atoms with Crippen LogP contribution in [-0.4, -0.2) is 10.1 Å². The first kappa shape index (κ1) is 11.0. The third-order valence-corrected chi connectivity index (χ3v) is 1.84. The molecule has 68 valence electrons. The SMILES string of the molecule is Cc1nc(O)[n+]([O-])c(C)c1C.Cl. The van der Waals surface area contributed by atoms with Crippen LogP contribution in [-0.2, 0) is 0 Å². The van der Waals surface area contributed by atoms with Crippen LogP contribution in [0.3, 0.4) is 0 Å². The van der Waals surface area contributed by atoms with E-state index in [9.17, 15) is 5.21 Å². The summed E-state index contributed by atoms with van der Waals surface area (Å²) in [7, 11) is 0. The Morgan fingerprint density at radius 1 is 1.33 bits per heavy atom. The second kappa shape index (κ2) is 3.58. The normalized spacial score (nSPS) is 9.25. The minimum Gasteiger partial charge on any atom is -0.708 e. The highest BCUT2D eigenvalue weighted by Gasteiger charge is 2.13. The van der Waals surface area contributed by atoms with Gasteiger partial charge in [0.25, 0.3) is 0 Å². The third-order valence-electron chi connectivity index (χ3n) is 1.84. The number of aromatic nitrogens is 2. The van der Waals surface area contributed by atoms with Crippen molar-refractivity contribution < 1.29 is 9.84 Å². The lowest BCUT2D eigenvalue weighted by Crippen LogP contribution is -2.32. The number of halogens is 1. The van der Waals surface area contributed by atoms with Crippen LogP contribution in [0, 0.1) is 26.0 Å². The van der Waals surface area contributed by atoms with E-state index in [0.29, 0.717) is 16.1 Å². The highest BCUT2D eigenvalue weighted by molar-refractivity contribution is 5.85. The number of hydrogen-bond acceptors (Lipinski definition) is 3. The van der Waals surface area contributed by atoms with Gasteiger partial charge in [0, 0.05) is 12.5 Å². The average Bonchev–Trinajstić information content (AvgIpc) is 1.97. The molecule has 12 heavy (non-hydrogen) atoms. The van der Waals surface area contributed by atoms with Crippen molar-refractivity contribution in [2.75, 3.05) is 0 Å². The van der Waals surface area contributed by atoms with Gasteiger partial charge in [0.2, 0.25) is 0 Å². The fourth-order valence-electron chi connectivity index (χ4n) is 0.843. The second-order valence-corrected chi connectivity index (χ2v) is 2.50. The third kappa shape index (κ3) is 1.58. The van der Waals surface area contributed by atoms with Crippen LogP contribution in [0.2, 0.25) is 0 Å². The smallest absolute Gasteiger partial charge is 0.499 e. The maximum atomic E-state index is 10.9. The van der Waals surface area contributed by atoms with E-state index in [-0.39, 0.29) is 12.4 Å². The molecule has 1 N–H and O–H groups in total. The van der Waals surface area contributed by atoms with Gasteiger partial charge >= 0.3 is 6.01 Å². The van der Waals surface area contributed by atoms with Gasteiger partial charge in [-0.1, -0.05) is 0 Å². The van der Waals surface area contributed by atoms with Gasteiger partial charge in [0.05, 0.1) is 0 Å². The summed E-state index contributed by atoms with van der Waals surface area (Å²) in [5, 5.41) is 19.9. The highest BCUT2D eigenvalue weighted by Crippen LogP contribution is 2.08. The van der Waals surface area contributed by atoms with E-state index in [0.717, 1.165) is 5.56 Å². The molecule has 0 saturated heterocycles. The molecule has 1 rings (SSSR count). The first-order chi connectivity index (χ1) is 5.04. The van der Waals surface area contributed by atoms with Crippen LogP contribution in [0.5, 0.6) is 6.01 Å². The lowest BCUT2D eigenvalue weighted by molar-refractivity contribution is -0.624. The molecule has 0 radical (unpaired) electrons. The maximum absolute atomic E-state index is 10.9. The van der Waals surface area contributed by atoms with Gasteiger partial charge in [-0.25, -0.2) is 0 Å². The Hall–Kier alpha value is -1.03. The summed E-state index contributed by atoms with van der Waals surface area (Å²) in [4.78, 5) is 3.64. The number of hydrogen-bond donors (Lipinski definition) is 1. The Labute approximate surface area is 76.9 Å². The summed E-state index contributed by atoms with van der Waals surface area (Å²) in [5.74, 6) is 0. The van der Waals surface area contributed by atoms with Gasteiger partial charge in [-0.15, -0.1) is 12.4 Å². The molecule has 0 aromatic carbocycles. The van der Waals surface area contributed by atoms with E-state index < -0.39 is 6.01 Å². The lowest BCUT2D eigenvalue weighted by atomic mass is 10.2. The Morgan fingerprint density at radius 2 is 1.83 bits per heavy atom. The molecule has 0 spiro atoms. The minimum atomic E-state index is -0.481. The Morgan fingerprint density at radius 3 is 2.33 bits per heavy atom. The Bertz CT molecular complexity index is 276. The molecule has 0 saturated carbocycles. The molecule has 0 bridgehead atoms. The van der Waals surface area contributed by atoms with E-state index in [1.165, 1.54) is 0 Å². The van der Waals surface area contributed by atoms with Crippen molar-refractivity contribution in [1.82, 2.24) is 4.98 Å². The van der Waals surface area contributed by atoms with Crippen LogP contribution in [0.25, 0.3) is 0 Å². The average molecular weight is 191 g/mol.